The van der Waals surface area contributed by atoms with Crippen LogP contribution in [0.1, 0.15) is 25.1 Å². The minimum atomic E-state index is 0.530. The number of benzene rings is 1. The van der Waals surface area contributed by atoms with Gasteiger partial charge >= 0.3 is 0 Å². The van der Waals surface area contributed by atoms with Crippen LogP contribution in [0.5, 0.6) is 0 Å². The van der Waals surface area contributed by atoms with E-state index in [1.54, 1.807) is 0 Å². The third kappa shape index (κ3) is 3.74. The molecule has 1 heterocycles. The second-order valence-corrected chi connectivity index (χ2v) is 4.96. The van der Waals surface area contributed by atoms with Gasteiger partial charge in [-0.15, -0.1) is 0 Å². The molecule has 2 nitrogen and oxygen atoms in total. The number of aromatic nitrogens is 1. The number of nitrogens with one attached hydrogen (secondary N) is 1. The van der Waals surface area contributed by atoms with Crippen molar-refractivity contribution < 1.29 is 0 Å². The van der Waals surface area contributed by atoms with Gasteiger partial charge in [0.05, 0.1) is 0 Å². The molecule has 1 aromatic carbocycles. The van der Waals surface area contributed by atoms with Crippen LogP contribution in [0.3, 0.4) is 0 Å². The van der Waals surface area contributed by atoms with E-state index in [0.717, 1.165) is 19.5 Å². The van der Waals surface area contributed by atoms with Crippen LogP contribution >= 0.6 is 0 Å². The van der Waals surface area contributed by atoms with Crippen LogP contribution in [-0.4, -0.2) is 10.6 Å². The summed E-state index contributed by atoms with van der Waals surface area (Å²) in [6.07, 6.45) is 3.25. The van der Waals surface area contributed by atoms with Crippen LogP contribution in [0, 0.1) is 0 Å². The van der Waals surface area contributed by atoms with Crippen LogP contribution in [0.2, 0.25) is 0 Å². The van der Waals surface area contributed by atoms with Crippen molar-refractivity contribution in [3.8, 4) is 0 Å². The number of hydrogen-bond donors (Lipinski definition) is 1. The molecule has 0 aliphatic rings. The van der Waals surface area contributed by atoms with Gasteiger partial charge in [0.1, 0.15) is 0 Å². The smallest absolute Gasteiger partial charge is 0.0361 e. The molecule has 0 saturated carbocycles. The molecule has 2 aromatic rings. The van der Waals surface area contributed by atoms with Gasteiger partial charge in [-0.2, -0.15) is 0 Å². The standard InChI is InChI=1S/C16H22N2/c1-14(2)17-13-16-9-6-11-18(16)12-10-15-7-4-3-5-8-15/h3-9,11,14,17H,10,12-13H2,1-2H3. The van der Waals surface area contributed by atoms with Crippen molar-refractivity contribution in [2.24, 2.45) is 0 Å². The van der Waals surface area contributed by atoms with Crippen LogP contribution in [0.15, 0.2) is 48.7 Å². The predicted molar refractivity (Wildman–Crippen MR) is 76.6 cm³/mol. The van der Waals surface area contributed by atoms with Crippen molar-refractivity contribution in [1.82, 2.24) is 9.88 Å². The SMILES string of the molecule is CC(C)NCc1cccn1CCc1ccccc1. The molecular formula is C16H22N2. The third-order valence-corrected chi connectivity index (χ3v) is 3.10. The minimum absolute atomic E-state index is 0.530. The number of aryl methyl sites for hydroxylation is 2. The summed E-state index contributed by atoms with van der Waals surface area (Å²) in [5.41, 5.74) is 2.76. The largest absolute Gasteiger partial charge is 0.350 e. The van der Waals surface area contributed by atoms with E-state index in [1.807, 2.05) is 0 Å². The van der Waals surface area contributed by atoms with Crippen molar-refractivity contribution in [3.63, 3.8) is 0 Å². The van der Waals surface area contributed by atoms with Gasteiger partial charge in [-0.25, -0.2) is 0 Å². The number of nitrogens with zero attached hydrogens (tertiary/aromatic N) is 1. The molecule has 2 rings (SSSR count). The molecule has 0 aliphatic heterocycles. The fourth-order valence-electron chi connectivity index (χ4n) is 2.03. The zero-order valence-electron chi connectivity index (χ0n) is 11.3. The van der Waals surface area contributed by atoms with E-state index in [4.69, 9.17) is 0 Å². The highest BCUT2D eigenvalue weighted by molar-refractivity contribution is 5.15. The first-order valence-electron chi connectivity index (χ1n) is 6.67. The van der Waals surface area contributed by atoms with E-state index in [-0.39, 0.29) is 0 Å². The average Bonchev–Trinajstić information content (AvgIpc) is 2.82. The van der Waals surface area contributed by atoms with Crippen molar-refractivity contribution in [1.29, 1.82) is 0 Å². The van der Waals surface area contributed by atoms with Gasteiger partial charge in [0.15, 0.2) is 0 Å². The summed E-state index contributed by atoms with van der Waals surface area (Å²) in [4.78, 5) is 0. The molecule has 0 amide bonds. The maximum absolute atomic E-state index is 3.47. The summed E-state index contributed by atoms with van der Waals surface area (Å²) in [7, 11) is 0. The van der Waals surface area contributed by atoms with Crippen molar-refractivity contribution in [2.75, 3.05) is 0 Å². The normalized spacial score (nSPS) is 11.1. The fraction of sp³-hybridized carbons (Fsp3) is 0.375. The monoisotopic (exact) mass is 242 g/mol. The lowest BCUT2D eigenvalue weighted by molar-refractivity contribution is 0.554. The van der Waals surface area contributed by atoms with Gasteiger partial charge in [0.25, 0.3) is 0 Å². The van der Waals surface area contributed by atoms with E-state index < -0.39 is 0 Å². The van der Waals surface area contributed by atoms with Gasteiger partial charge in [0.2, 0.25) is 0 Å². The predicted octanol–water partition coefficient (Wildman–Crippen LogP) is 3.23. The third-order valence-electron chi connectivity index (χ3n) is 3.10. The zero-order chi connectivity index (χ0) is 12.8. The van der Waals surface area contributed by atoms with Crippen molar-refractivity contribution in [2.45, 2.75) is 39.4 Å². The lowest BCUT2D eigenvalue weighted by Gasteiger charge is -2.12. The quantitative estimate of drug-likeness (QED) is 0.823. The molecule has 1 N–H and O–H groups in total. The van der Waals surface area contributed by atoms with Crippen LogP contribution in [0.4, 0.5) is 0 Å². The highest BCUT2D eigenvalue weighted by atomic mass is 15.0. The van der Waals surface area contributed by atoms with Crippen molar-refractivity contribution in [3.05, 3.63) is 59.9 Å². The summed E-state index contributed by atoms with van der Waals surface area (Å²) in [6.45, 7) is 6.35. The lowest BCUT2D eigenvalue weighted by Crippen LogP contribution is -2.23. The molecule has 1 aromatic heterocycles. The van der Waals surface area contributed by atoms with Crippen LogP contribution in [0.25, 0.3) is 0 Å². The first-order valence-corrected chi connectivity index (χ1v) is 6.67. The first-order chi connectivity index (χ1) is 8.75. The highest BCUT2D eigenvalue weighted by Crippen LogP contribution is 2.06. The first kappa shape index (κ1) is 12.9. The van der Waals surface area contributed by atoms with E-state index >= 15 is 0 Å². The Hall–Kier alpha value is -1.54. The Morgan fingerprint density at radius 3 is 2.56 bits per heavy atom. The van der Waals surface area contributed by atoms with Gasteiger partial charge < -0.3 is 9.88 Å². The lowest BCUT2D eigenvalue weighted by atomic mass is 10.1. The summed E-state index contributed by atoms with van der Waals surface area (Å²) in [6, 6.07) is 15.5. The Balaban J connectivity index is 1.91. The second-order valence-electron chi connectivity index (χ2n) is 4.96. The Morgan fingerprint density at radius 2 is 1.83 bits per heavy atom. The molecule has 2 heteroatoms. The van der Waals surface area contributed by atoms with Gasteiger partial charge in [-0.3, -0.25) is 0 Å². The minimum Gasteiger partial charge on any atom is -0.350 e. The van der Waals surface area contributed by atoms with E-state index in [0.29, 0.717) is 6.04 Å². The molecule has 0 fully saturated rings. The average molecular weight is 242 g/mol. The van der Waals surface area contributed by atoms with Gasteiger partial charge in [-0.1, -0.05) is 44.2 Å². The molecule has 0 radical (unpaired) electrons. The molecule has 18 heavy (non-hydrogen) atoms. The second kappa shape index (κ2) is 6.41. The zero-order valence-corrected chi connectivity index (χ0v) is 11.3. The van der Waals surface area contributed by atoms with Gasteiger partial charge in [0, 0.05) is 31.0 Å². The Bertz CT molecular complexity index is 457. The number of rotatable bonds is 6. The Kier molecular flexibility index (Phi) is 4.59. The topological polar surface area (TPSA) is 17.0 Å². The Labute approximate surface area is 110 Å². The number of hydrogen-bond acceptors (Lipinski definition) is 1. The molecule has 0 aliphatic carbocycles. The molecular weight excluding hydrogens is 220 g/mol. The summed E-state index contributed by atoms with van der Waals surface area (Å²) in [5, 5.41) is 3.47. The van der Waals surface area contributed by atoms with Crippen LogP contribution < -0.4 is 5.32 Å². The van der Waals surface area contributed by atoms with E-state index in [9.17, 15) is 0 Å². The van der Waals surface area contributed by atoms with Crippen LogP contribution in [-0.2, 0) is 19.5 Å². The summed E-state index contributed by atoms with van der Waals surface area (Å²) in [5.74, 6) is 0. The highest BCUT2D eigenvalue weighted by Gasteiger charge is 2.02. The maximum Gasteiger partial charge on any atom is 0.0361 e. The van der Waals surface area contributed by atoms with E-state index in [2.05, 4.69) is 72.4 Å². The molecule has 96 valence electrons. The van der Waals surface area contributed by atoms with Gasteiger partial charge in [-0.05, 0) is 24.1 Å². The fourth-order valence-corrected chi connectivity index (χ4v) is 2.03. The van der Waals surface area contributed by atoms with Crippen molar-refractivity contribution >= 4 is 0 Å². The molecule has 0 bridgehead atoms. The Morgan fingerprint density at radius 1 is 1.06 bits per heavy atom. The summed E-state index contributed by atoms with van der Waals surface area (Å²) >= 11 is 0. The molecule has 0 saturated heterocycles. The summed E-state index contributed by atoms with van der Waals surface area (Å²) < 4.78 is 2.34. The maximum atomic E-state index is 3.47. The molecule has 0 spiro atoms. The molecule has 0 unspecified atom stereocenters. The molecule has 0 atom stereocenters. The van der Waals surface area contributed by atoms with E-state index in [1.165, 1.54) is 11.3 Å².